The first kappa shape index (κ1) is 27.9. The highest BCUT2D eigenvalue weighted by Gasteiger charge is 2.31. The van der Waals surface area contributed by atoms with Crippen molar-refractivity contribution in [2.45, 2.75) is 58.5 Å². The van der Waals surface area contributed by atoms with Crippen LogP contribution in [0.2, 0.25) is 0 Å². The number of rotatable bonds is 11. The average Bonchev–Trinajstić information content (AvgIpc) is 2.89. The normalized spacial score (nSPS) is 12.0. The van der Waals surface area contributed by atoms with Gasteiger partial charge < -0.3 is 15.0 Å². The topological polar surface area (TPSA) is 58.6 Å². The number of halogens is 1. The lowest BCUT2D eigenvalue weighted by molar-refractivity contribution is -0.142. The van der Waals surface area contributed by atoms with E-state index in [0.717, 1.165) is 17.5 Å². The van der Waals surface area contributed by atoms with Crippen molar-refractivity contribution in [3.05, 3.63) is 101 Å². The number of carbonyl (C=O) groups excluding carboxylic acids is 2. The molecule has 0 radical (unpaired) electrons. The molecule has 3 rings (SSSR count). The molecule has 3 aromatic carbocycles. The first-order valence-electron chi connectivity index (χ1n) is 12.8. The van der Waals surface area contributed by atoms with Gasteiger partial charge >= 0.3 is 0 Å². The molecule has 0 unspecified atom stereocenters. The lowest BCUT2D eigenvalue weighted by atomic mass is 9.87. The van der Waals surface area contributed by atoms with Gasteiger partial charge in [-0.25, -0.2) is 4.39 Å². The summed E-state index contributed by atoms with van der Waals surface area (Å²) in [5, 5.41) is 2.92. The van der Waals surface area contributed by atoms with Crippen molar-refractivity contribution >= 4 is 11.8 Å². The maximum absolute atomic E-state index is 14.6. The van der Waals surface area contributed by atoms with Gasteiger partial charge in [0.2, 0.25) is 5.91 Å². The third-order valence-electron chi connectivity index (χ3n) is 6.20. The Bertz CT molecular complexity index is 1160. The number of nitrogens with zero attached hydrogens (tertiary/aromatic N) is 1. The SMILES string of the molecule is CCCNC(=O)[C@H](Cc1ccccc1)N(Cc1ccccc1F)C(=O)COc1ccc(C(C)(C)C)cc1. The molecule has 1 N–H and O–H groups in total. The molecule has 0 spiro atoms. The maximum Gasteiger partial charge on any atom is 0.261 e. The van der Waals surface area contributed by atoms with Crippen molar-refractivity contribution in [1.29, 1.82) is 0 Å². The smallest absolute Gasteiger partial charge is 0.261 e. The van der Waals surface area contributed by atoms with Crippen LogP contribution in [0.4, 0.5) is 4.39 Å². The Morgan fingerprint density at radius 3 is 2.22 bits per heavy atom. The Morgan fingerprint density at radius 1 is 0.946 bits per heavy atom. The molecule has 2 amide bonds. The van der Waals surface area contributed by atoms with Crippen LogP contribution in [0.25, 0.3) is 0 Å². The largest absolute Gasteiger partial charge is 0.484 e. The fraction of sp³-hybridized carbons (Fsp3) is 0.355. The summed E-state index contributed by atoms with van der Waals surface area (Å²) in [5.74, 6) is -0.533. The zero-order valence-corrected chi connectivity index (χ0v) is 22.2. The zero-order valence-electron chi connectivity index (χ0n) is 22.2. The fourth-order valence-electron chi connectivity index (χ4n) is 4.01. The quantitative estimate of drug-likeness (QED) is 0.366. The molecule has 0 bridgehead atoms. The van der Waals surface area contributed by atoms with E-state index >= 15 is 0 Å². The van der Waals surface area contributed by atoms with Gasteiger partial charge in [-0.2, -0.15) is 0 Å². The van der Waals surface area contributed by atoms with E-state index in [1.807, 2.05) is 61.5 Å². The van der Waals surface area contributed by atoms with Gasteiger partial charge in [0.25, 0.3) is 5.91 Å². The molecular formula is C31H37FN2O3. The number of nitrogens with one attached hydrogen (secondary N) is 1. The van der Waals surface area contributed by atoms with Crippen molar-refractivity contribution in [2.75, 3.05) is 13.2 Å². The first-order valence-corrected chi connectivity index (χ1v) is 12.8. The summed E-state index contributed by atoms with van der Waals surface area (Å²) in [6.45, 7) is 8.52. The zero-order chi connectivity index (χ0) is 26.8. The Kier molecular flexibility index (Phi) is 9.84. The first-order chi connectivity index (χ1) is 17.7. The Morgan fingerprint density at radius 2 is 1.59 bits per heavy atom. The third-order valence-corrected chi connectivity index (χ3v) is 6.20. The molecule has 0 heterocycles. The van der Waals surface area contributed by atoms with E-state index in [4.69, 9.17) is 4.74 Å². The molecule has 0 saturated carbocycles. The molecule has 6 heteroatoms. The molecule has 0 aromatic heterocycles. The molecule has 0 aliphatic carbocycles. The standard InChI is InChI=1S/C31H37FN2O3/c1-5-19-33-30(36)28(20-23-11-7-6-8-12-23)34(21-24-13-9-10-14-27(24)32)29(35)22-37-26-17-15-25(16-18-26)31(2,3)4/h6-18,28H,5,19-22H2,1-4H3,(H,33,36)/t28-/m0/s1. The summed E-state index contributed by atoms with van der Waals surface area (Å²) in [5.41, 5.74) is 2.40. The van der Waals surface area contributed by atoms with Gasteiger partial charge in [-0.3, -0.25) is 9.59 Å². The number of hydrogen-bond acceptors (Lipinski definition) is 3. The molecule has 0 fully saturated rings. The molecule has 0 aliphatic heterocycles. The van der Waals surface area contributed by atoms with Crippen LogP contribution in [0.3, 0.4) is 0 Å². The van der Waals surface area contributed by atoms with Crippen LogP contribution >= 0.6 is 0 Å². The fourth-order valence-corrected chi connectivity index (χ4v) is 4.01. The predicted molar refractivity (Wildman–Crippen MR) is 145 cm³/mol. The van der Waals surface area contributed by atoms with Crippen molar-refractivity contribution in [3.8, 4) is 5.75 Å². The van der Waals surface area contributed by atoms with Gasteiger partial charge in [0.15, 0.2) is 6.61 Å². The summed E-state index contributed by atoms with van der Waals surface area (Å²) < 4.78 is 20.5. The Hall–Kier alpha value is -3.67. The van der Waals surface area contributed by atoms with Gasteiger partial charge in [0.1, 0.15) is 17.6 Å². The molecular weight excluding hydrogens is 467 g/mol. The van der Waals surface area contributed by atoms with Gasteiger partial charge in [0, 0.05) is 25.1 Å². The second-order valence-corrected chi connectivity index (χ2v) is 10.2. The molecule has 3 aromatic rings. The van der Waals surface area contributed by atoms with Crippen LogP contribution < -0.4 is 10.1 Å². The maximum atomic E-state index is 14.6. The average molecular weight is 505 g/mol. The highest BCUT2D eigenvalue weighted by Crippen LogP contribution is 2.24. The number of carbonyl (C=O) groups is 2. The van der Waals surface area contributed by atoms with Crippen molar-refractivity contribution in [3.63, 3.8) is 0 Å². The van der Waals surface area contributed by atoms with E-state index in [-0.39, 0.29) is 24.5 Å². The van der Waals surface area contributed by atoms with Gasteiger partial charge in [0.05, 0.1) is 0 Å². The minimum atomic E-state index is -0.826. The second kappa shape index (κ2) is 13.0. The lowest BCUT2D eigenvalue weighted by Gasteiger charge is -2.31. The predicted octanol–water partition coefficient (Wildman–Crippen LogP) is 5.67. The lowest BCUT2D eigenvalue weighted by Crippen LogP contribution is -2.51. The van der Waals surface area contributed by atoms with E-state index in [2.05, 4.69) is 26.1 Å². The molecule has 5 nitrogen and oxygen atoms in total. The molecule has 0 aliphatic rings. The van der Waals surface area contributed by atoms with Crippen LogP contribution in [0.15, 0.2) is 78.9 Å². The summed E-state index contributed by atoms with van der Waals surface area (Å²) in [6, 6.07) is 22.6. The van der Waals surface area contributed by atoms with E-state index in [1.165, 1.54) is 11.0 Å². The Balaban J connectivity index is 1.87. The van der Waals surface area contributed by atoms with Crippen molar-refractivity contribution in [1.82, 2.24) is 10.2 Å². The van der Waals surface area contributed by atoms with Gasteiger partial charge in [-0.05, 0) is 41.2 Å². The second-order valence-electron chi connectivity index (χ2n) is 10.2. The monoisotopic (exact) mass is 504 g/mol. The number of amides is 2. The van der Waals surface area contributed by atoms with E-state index < -0.39 is 17.8 Å². The number of ether oxygens (including phenoxy) is 1. The van der Waals surface area contributed by atoms with Crippen molar-refractivity contribution in [2.24, 2.45) is 0 Å². The molecule has 196 valence electrons. The van der Waals surface area contributed by atoms with E-state index in [0.29, 0.717) is 24.3 Å². The highest BCUT2D eigenvalue weighted by atomic mass is 19.1. The number of hydrogen-bond donors (Lipinski definition) is 1. The minimum absolute atomic E-state index is 0.00140. The Labute approximate surface area is 219 Å². The number of benzene rings is 3. The summed E-state index contributed by atoms with van der Waals surface area (Å²) in [4.78, 5) is 28.3. The molecule has 0 saturated heterocycles. The van der Waals surface area contributed by atoms with Crippen LogP contribution in [-0.2, 0) is 28.0 Å². The van der Waals surface area contributed by atoms with E-state index in [9.17, 15) is 14.0 Å². The molecule has 37 heavy (non-hydrogen) atoms. The van der Waals surface area contributed by atoms with Crippen LogP contribution in [0.5, 0.6) is 5.75 Å². The third kappa shape index (κ3) is 8.17. The van der Waals surface area contributed by atoms with Gasteiger partial charge in [-0.15, -0.1) is 0 Å². The summed E-state index contributed by atoms with van der Waals surface area (Å²) in [7, 11) is 0. The van der Waals surface area contributed by atoms with Crippen LogP contribution in [0, 0.1) is 5.82 Å². The van der Waals surface area contributed by atoms with Crippen molar-refractivity contribution < 1.29 is 18.7 Å². The van der Waals surface area contributed by atoms with E-state index in [1.54, 1.807) is 18.2 Å². The highest BCUT2D eigenvalue weighted by molar-refractivity contribution is 5.88. The van der Waals surface area contributed by atoms with Crippen LogP contribution in [0.1, 0.15) is 50.8 Å². The minimum Gasteiger partial charge on any atom is -0.484 e. The summed E-state index contributed by atoms with van der Waals surface area (Å²) in [6.07, 6.45) is 1.07. The summed E-state index contributed by atoms with van der Waals surface area (Å²) >= 11 is 0. The van der Waals surface area contributed by atoms with Gasteiger partial charge in [-0.1, -0.05) is 88.4 Å². The molecule has 1 atom stereocenters. The van der Waals surface area contributed by atoms with Crippen LogP contribution in [-0.4, -0.2) is 35.9 Å².